The van der Waals surface area contributed by atoms with Gasteiger partial charge in [0.05, 0.1) is 92.0 Å². The van der Waals surface area contributed by atoms with Crippen LogP contribution in [-0.4, -0.2) is 181 Å². The molecule has 9 aromatic rings. The van der Waals surface area contributed by atoms with Crippen molar-refractivity contribution in [2.45, 2.75) is 132 Å². The van der Waals surface area contributed by atoms with Crippen molar-refractivity contribution in [2.24, 2.45) is 11.8 Å². The number of methoxy groups -OCH3 is 3. The van der Waals surface area contributed by atoms with Gasteiger partial charge < -0.3 is 79.3 Å². The molecular weight excluding hydrogens is 1310 g/mol. The van der Waals surface area contributed by atoms with Crippen LogP contribution in [0.3, 0.4) is 0 Å². The normalized spacial score (nSPS) is 22.3. The summed E-state index contributed by atoms with van der Waals surface area (Å²) in [5.41, 5.74) is 3.38. The fourth-order valence-electron chi connectivity index (χ4n) is 14.1. The molecule has 3 saturated carbocycles. The summed E-state index contributed by atoms with van der Waals surface area (Å²) in [6.07, 6.45) is 22.4. The van der Waals surface area contributed by atoms with Crippen LogP contribution in [0.2, 0.25) is 0 Å². The van der Waals surface area contributed by atoms with E-state index in [2.05, 4.69) is 67.5 Å². The zero-order valence-corrected chi connectivity index (χ0v) is 58.3. The molecule has 0 radical (unpaired) electrons. The third kappa shape index (κ3) is 15.0. The van der Waals surface area contributed by atoms with Crippen LogP contribution in [0.15, 0.2) is 106 Å². The second kappa shape index (κ2) is 32.0. The van der Waals surface area contributed by atoms with Gasteiger partial charge in [-0.05, 0) is 125 Å². The second-order valence-corrected chi connectivity index (χ2v) is 26.5. The number of hydrogen-bond donors (Lipinski definition) is 7. The summed E-state index contributed by atoms with van der Waals surface area (Å²) in [4.78, 5) is 92.5. The van der Waals surface area contributed by atoms with Gasteiger partial charge in [0.2, 0.25) is 0 Å². The number of Topliss-reactive ketones (excluding diaryl/α,β-unsaturated/α-hetero) is 2. The highest BCUT2D eigenvalue weighted by Crippen LogP contribution is 2.36. The molecule has 102 heavy (non-hydrogen) atoms. The maximum atomic E-state index is 13.2. The number of nitrogens with one attached hydrogen (secondary N) is 7. The SMILES string of the molecule is CNc1cc(Nc2cccn([C@@H]3CCCOC3)c2=O)nc2c(C(=O)CC3CC[C@H]3OC)cnn12.CNc1cc(Nc2cccn([C@@H]3CCCOC3)c2=O)nc2c(C(=O)C[C@@H]3CC[C@H]3OC)cnn12.CNc1cc(Nc2cccn([C@@H]3CCCOC3)c2=O)nc2c(C(=O)N[C@H]3CC[C@@H]3OC)cnn12. The first-order chi connectivity index (χ1) is 49.8. The Bertz CT molecular complexity index is 4190. The van der Waals surface area contributed by atoms with E-state index in [9.17, 15) is 28.8 Å². The van der Waals surface area contributed by atoms with Gasteiger partial charge in [-0.25, -0.2) is 15.0 Å². The van der Waals surface area contributed by atoms with Crippen molar-refractivity contribution in [3.8, 4) is 0 Å². The molecule has 3 aliphatic carbocycles. The lowest BCUT2D eigenvalue weighted by atomic mass is 9.78. The average Bonchev–Trinajstić information content (AvgIpc) is 1.61. The van der Waals surface area contributed by atoms with Gasteiger partial charge in [0.15, 0.2) is 28.5 Å². The van der Waals surface area contributed by atoms with Gasteiger partial charge in [-0.1, -0.05) is 0 Å². The van der Waals surface area contributed by atoms with Crippen molar-refractivity contribution in [1.82, 2.24) is 62.8 Å². The van der Waals surface area contributed by atoms with E-state index in [1.165, 1.54) is 6.20 Å². The van der Waals surface area contributed by atoms with Crippen molar-refractivity contribution >= 4 is 86.4 Å². The Kier molecular flexibility index (Phi) is 22.1. The first kappa shape index (κ1) is 70.5. The summed E-state index contributed by atoms with van der Waals surface area (Å²) in [7, 11) is 10.3. The van der Waals surface area contributed by atoms with Gasteiger partial charge in [-0.15, -0.1) is 0 Å². The van der Waals surface area contributed by atoms with Crippen LogP contribution < -0.4 is 53.9 Å². The Morgan fingerprint density at radius 2 is 0.824 bits per heavy atom. The minimum Gasteiger partial charge on any atom is -0.381 e. The first-order valence-corrected chi connectivity index (χ1v) is 35.1. The van der Waals surface area contributed by atoms with E-state index in [1.807, 2.05) is 18.2 Å². The maximum absolute atomic E-state index is 13.2. The van der Waals surface area contributed by atoms with Crippen molar-refractivity contribution in [3.63, 3.8) is 0 Å². The van der Waals surface area contributed by atoms with Crippen LogP contribution in [-0.2, 0) is 28.4 Å². The summed E-state index contributed by atoms with van der Waals surface area (Å²) in [5, 5.41) is 34.8. The molecule has 540 valence electrons. The van der Waals surface area contributed by atoms with Crippen LogP contribution in [0.1, 0.15) is 139 Å². The standard InChI is InChI=1S/2C24H30N6O4.C23H29N7O4/c2*1-25-22-12-21(27-18-6-3-9-29(24(18)32)16-5-4-10-34-14-16)28-23-17(13-26-30(22)23)19(31)11-15-7-8-20(15)33-2;1-24-20-11-19(26-17-6-3-9-29(23(17)32)14-5-4-10-34-13-14)28-21-15(12-25-30(20)21)22(31)27-16-7-8-18(16)33-2/h2*3,6,9,12-13,15-16,20,25H,4-5,7-8,10-11,14H2,1-2H3,(H,27,28);3,6,9,11-12,14,16,18,24H,4-5,7-8,10,13H2,1-2H3,(H,26,28)(H,27,31)/t15?,16-,20-;15-,16+,20+;14-,16+,18+/m101/s1. The second-order valence-electron chi connectivity index (χ2n) is 26.5. The molecule has 0 spiro atoms. The number of carbonyl (C=O) groups excluding carboxylic acids is 3. The van der Waals surface area contributed by atoms with Crippen molar-refractivity contribution < 1.29 is 42.8 Å². The molecule has 1 amide bonds. The lowest BCUT2D eigenvalue weighted by molar-refractivity contribution is -0.0171. The summed E-state index contributed by atoms with van der Waals surface area (Å²) in [6.45, 7) is 3.79. The Labute approximate surface area is 587 Å². The molecule has 3 aliphatic heterocycles. The Morgan fingerprint density at radius 1 is 0.471 bits per heavy atom. The summed E-state index contributed by atoms with van der Waals surface area (Å²) in [5.74, 6) is 3.46. The molecule has 31 heteroatoms. The molecule has 15 rings (SSSR count). The van der Waals surface area contributed by atoms with Crippen LogP contribution in [0, 0.1) is 11.8 Å². The van der Waals surface area contributed by atoms with E-state index >= 15 is 0 Å². The predicted octanol–water partition coefficient (Wildman–Crippen LogP) is 7.99. The van der Waals surface area contributed by atoms with Gasteiger partial charge in [0, 0.05) is 112 Å². The molecular formula is C71H89N19O12. The van der Waals surface area contributed by atoms with E-state index in [1.54, 1.807) is 137 Å². The van der Waals surface area contributed by atoms with Crippen molar-refractivity contribution in [3.05, 3.63) is 140 Å². The number of ketones is 2. The smallest absolute Gasteiger partial charge is 0.274 e. The Hall–Kier alpha value is -9.92. The average molecular weight is 1400 g/mol. The number of hydrogen-bond acceptors (Lipinski definition) is 24. The number of anilines is 9. The highest BCUT2D eigenvalue weighted by atomic mass is 16.5. The lowest BCUT2D eigenvalue weighted by Crippen LogP contribution is -2.51. The first-order valence-electron chi connectivity index (χ1n) is 35.1. The van der Waals surface area contributed by atoms with Crippen LogP contribution in [0.5, 0.6) is 0 Å². The fraction of sp³-hybridized carbons (Fsp3) is 0.493. The largest absolute Gasteiger partial charge is 0.381 e. The topological polar surface area (TPSA) is 347 Å². The molecule has 0 aromatic carbocycles. The molecule has 1 unspecified atom stereocenters. The highest BCUT2D eigenvalue weighted by molar-refractivity contribution is 6.03. The third-order valence-corrected chi connectivity index (χ3v) is 20.4. The van der Waals surface area contributed by atoms with Gasteiger partial charge in [-0.3, -0.25) is 28.8 Å². The zero-order valence-electron chi connectivity index (χ0n) is 58.3. The number of aromatic nitrogens is 12. The van der Waals surface area contributed by atoms with Crippen LogP contribution in [0.4, 0.5) is 52.0 Å². The zero-order chi connectivity index (χ0) is 71.0. The van der Waals surface area contributed by atoms with Crippen LogP contribution in [0.25, 0.3) is 16.9 Å². The molecule has 12 heterocycles. The number of carbonyl (C=O) groups is 3. The van der Waals surface area contributed by atoms with E-state index < -0.39 is 0 Å². The van der Waals surface area contributed by atoms with Gasteiger partial charge in [0.25, 0.3) is 22.6 Å². The van der Waals surface area contributed by atoms with Gasteiger partial charge >= 0.3 is 0 Å². The molecule has 3 saturated heterocycles. The third-order valence-electron chi connectivity index (χ3n) is 20.4. The number of nitrogens with zero attached hydrogens (tertiary/aromatic N) is 12. The monoisotopic (exact) mass is 1400 g/mol. The minimum atomic E-state index is -0.257. The number of pyridine rings is 3. The lowest BCUT2D eigenvalue weighted by Gasteiger charge is -2.35. The number of amides is 1. The van der Waals surface area contributed by atoms with Crippen LogP contribution >= 0.6 is 0 Å². The van der Waals surface area contributed by atoms with Gasteiger partial charge in [-0.2, -0.15) is 28.8 Å². The summed E-state index contributed by atoms with van der Waals surface area (Å²) in [6, 6.07) is 16.0. The molecule has 0 bridgehead atoms. The van der Waals surface area contributed by atoms with Gasteiger partial charge in [0.1, 0.15) is 57.5 Å². The van der Waals surface area contributed by atoms with Crippen molar-refractivity contribution in [2.75, 3.05) is 114 Å². The highest BCUT2D eigenvalue weighted by Gasteiger charge is 2.36. The Balaban J connectivity index is 0.000000137. The summed E-state index contributed by atoms with van der Waals surface area (Å²) < 4.78 is 42.9. The molecule has 31 nitrogen and oxygen atoms in total. The minimum absolute atomic E-state index is 0.00665. The molecule has 6 fully saturated rings. The number of fused-ring (bicyclic) bond motifs is 3. The fourth-order valence-corrected chi connectivity index (χ4v) is 14.1. The quantitative estimate of drug-likeness (QED) is 0.0298. The van der Waals surface area contributed by atoms with E-state index in [0.717, 1.165) is 96.9 Å². The maximum Gasteiger partial charge on any atom is 0.274 e. The number of rotatable bonds is 23. The molecule has 9 aromatic heterocycles. The molecule has 6 aliphatic rings. The summed E-state index contributed by atoms with van der Waals surface area (Å²) >= 11 is 0. The van der Waals surface area contributed by atoms with E-state index in [4.69, 9.17) is 28.4 Å². The van der Waals surface area contributed by atoms with E-state index in [-0.39, 0.29) is 88.5 Å². The number of ether oxygens (including phenoxy) is 6. The Morgan fingerprint density at radius 3 is 1.13 bits per heavy atom. The van der Waals surface area contributed by atoms with Crippen molar-refractivity contribution in [1.29, 1.82) is 0 Å². The van der Waals surface area contributed by atoms with E-state index in [0.29, 0.717) is 118 Å². The molecule has 9 atom stereocenters. The predicted molar refractivity (Wildman–Crippen MR) is 383 cm³/mol. The molecule has 7 N–H and O–H groups in total.